The Balaban J connectivity index is 1.71. The molecule has 3 aromatic rings. The lowest BCUT2D eigenvalue weighted by Gasteiger charge is -2.14. The zero-order valence-corrected chi connectivity index (χ0v) is 17.3. The van der Waals surface area contributed by atoms with Gasteiger partial charge in [0.2, 0.25) is 0 Å². The second-order valence-electron chi connectivity index (χ2n) is 6.04. The second kappa shape index (κ2) is 8.81. The highest BCUT2D eigenvalue weighted by atomic mass is 79.9. The number of nitrogens with one attached hydrogen (secondary N) is 1. The Hall–Kier alpha value is -1.68. The third kappa shape index (κ3) is 5.41. The van der Waals surface area contributed by atoms with Crippen molar-refractivity contribution in [1.82, 2.24) is 0 Å². The van der Waals surface area contributed by atoms with Gasteiger partial charge < -0.3 is 10.1 Å². The van der Waals surface area contributed by atoms with Crippen LogP contribution < -0.4 is 10.1 Å². The average Bonchev–Trinajstić information content (AvgIpc) is 2.60. The third-order valence-corrected chi connectivity index (χ3v) is 4.81. The van der Waals surface area contributed by atoms with Crippen LogP contribution in [0, 0.1) is 6.92 Å². The van der Waals surface area contributed by atoms with Gasteiger partial charge in [0.15, 0.2) is 0 Å². The minimum atomic E-state index is 0.526. The van der Waals surface area contributed by atoms with Crippen LogP contribution in [0.3, 0.4) is 0 Å². The molecule has 0 radical (unpaired) electrons. The lowest BCUT2D eigenvalue weighted by molar-refractivity contribution is 0.303. The SMILES string of the molecule is Cc1ccc(COc2ccc(Br)cc2CNc2cc(Cl)cc(Cl)c2)cc1. The van der Waals surface area contributed by atoms with E-state index < -0.39 is 0 Å². The third-order valence-electron chi connectivity index (χ3n) is 3.88. The molecular weight excluding hydrogens is 433 g/mol. The van der Waals surface area contributed by atoms with Crippen molar-refractivity contribution in [3.63, 3.8) is 0 Å². The first-order valence-corrected chi connectivity index (χ1v) is 9.71. The molecule has 5 heteroatoms. The van der Waals surface area contributed by atoms with Gasteiger partial charge in [-0.15, -0.1) is 0 Å². The van der Waals surface area contributed by atoms with Gasteiger partial charge in [0.25, 0.3) is 0 Å². The van der Waals surface area contributed by atoms with E-state index in [1.807, 2.05) is 30.3 Å². The van der Waals surface area contributed by atoms with E-state index in [2.05, 4.69) is 52.4 Å². The van der Waals surface area contributed by atoms with Crippen molar-refractivity contribution in [2.24, 2.45) is 0 Å². The Morgan fingerprint density at radius 3 is 2.31 bits per heavy atom. The number of benzene rings is 3. The fraction of sp³-hybridized carbons (Fsp3) is 0.143. The van der Waals surface area contributed by atoms with Crippen LogP contribution >= 0.6 is 39.1 Å². The van der Waals surface area contributed by atoms with Crippen molar-refractivity contribution in [2.75, 3.05) is 5.32 Å². The van der Waals surface area contributed by atoms with Crippen LogP contribution in [0.1, 0.15) is 16.7 Å². The molecule has 1 N–H and O–H groups in total. The molecule has 0 aliphatic rings. The maximum atomic E-state index is 6.06. The summed E-state index contributed by atoms with van der Waals surface area (Å²) < 4.78 is 7.04. The Morgan fingerprint density at radius 2 is 1.62 bits per heavy atom. The predicted octanol–water partition coefficient (Wildman–Crippen LogP) is 7.26. The number of hydrogen-bond donors (Lipinski definition) is 1. The Labute approximate surface area is 172 Å². The molecule has 0 amide bonds. The first kappa shape index (κ1) is 19.1. The summed E-state index contributed by atoms with van der Waals surface area (Å²) in [5.74, 6) is 0.842. The zero-order chi connectivity index (χ0) is 18.5. The largest absolute Gasteiger partial charge is 0.489 e. The quantitative estimate of drug-likeness (QED) is 0.426. The standard InChI is InChI=1S/C21H18BrCl2NO/c1-14-2-4-15(5-3-14)13-26-21-7-6-17(22)8-16(21)12-25-20-10-18(23)9-19(24)11-20/h2-11,25H,12-13H2,1H3. The van der Waals surface area contributed by atoms with Crippen LogP contribution in [0.25, 0.3) is 0 Å². The van der Waals surface area contributed by atoms with Gasteiger partial charge in [-0.2, -0.15) is 0 Å². The minimum absolute atomic E-state index is 0.526. The van der Waals surface area contributed by atoms with Gasteiger partial charge in [0.1, 0.15) is 12.4 Å². The molecule has 134 valence electrons. The molecular formula is C21H18BrCl2NO. The van der Waals surface area contributed by atoms with Crippen LogP contribution in [0.5, 0.6) is 5.75 Å². The molecule has 0 unspecified atom stereocenters. The van der Waals surface area contributed by atoms with Crippen LogP contribution in [-0.2, 0) is 13.2 Å². The van der Waals surface area contributed by atoms with Crippen molar-refractivity contribution < 1.29 is 4.74 Å². The fourth-order valence-electron chi connectivity index (χ4n) is 2.53. The molecule has 26 heavy (non-hydrogen) atoms. The number of halogens is 3. The molecule has 0 fully saturated rings. The summed E-state index contributed by atoms with van der Waals surface area (Å²) in [4.78, 5) is 0. The van der Waals surface area contributed by atoms with E-state index in [-0.39, 0.29) is 0 Å². The normalized spacial score (nSPS) is 10.6. The van der Waals surface area contributed by atoms with Crippen LogP contribution in [0.4, 0.5) is 5.69 Å². The first-order chi connectivity index (χ1) is 12.5. The van der Waals surface area contributed by atoms with Gasteiger partial charge in [-0.25, -0.2) is 0 Å². The maximum absolute atomic E-state index is 6.06. The van der Waals surface area contributed by atoms with Gasteiger partial charge >= 0.3 is 0 Å². The number of hydrogen-bond acceptors (Lipinski definition) is 2. The summed E-state index contributed by atoms with van der Waals surface area (Å²) >= 11 is 15.6. The lowest BCUT2D eigenvalue weighted by Crippen LogP contribution is -2.04. The monoisotopic (exact) mass is 449 g/mol. The molecule has 2 nitrogen and oxygen atoms in total. The summed E-state index contributed by atoms with van der Waals surface area (Å²) in [6.07, 6.45) is 0. The van der Waals surface area contributed by atoms with E-state index >= 15 is 0 Å². The average molecular weight is 451 g/mol. The highest BCUT2D eigenvalue weighted by molar-refractivity contribution is 9.10. The van der Waals surface area contributed by atoms with Crippen molar-refractivity contribution in [2.45, 2.75) is 20.1 Å². The molecule has 0 spiro atoms. The highest BCUT2D eigenvalue weighted by Crippen LogP contribution is 2.27. The highest BCUT2D eigenvalue weighted by Gasteiger charge is 2.07. The van der Waals surface area contributed by atoms with Crippen LogP contribution in [0.2, 0.25) is 10.0 Å². The van der Waals surface area contributed by atoms with E-state index in [1.165, 1.54) is 5.56 Å². The summed E-state index contributed by atoms with van der Waals surface area (Å²) in [5.41, 5.74) is 4.29. The summed E-state index contributed by atoms with van der Waals surface area (Å²) in [6, 6.07) is 19.7. The number of anilines is 1. The van der Waals surface area contributed by atoms with E-state index in [0.29, 0.717) is 23.2 Å². The molecule has 0 heterocycles. The number of rotatable bonds is 6. The van der Waals surface area contributed by atoms with Crippen molar-refractivity contribution in [3.05, 3.63) is 91.9 Å². The molecule has 0 bridgehead atoms. The fourth-order valence-corrected chi connectivity index (χ4v) is 3.46. The summed E-state index contributed by atoms with van der Waals surface area (Å²) in [5, 5.41) is 4.55. The number of aryl methyl sites for hydroxylation is 1. The topological polar surface area (TPSA) is 21.3 Å². The molecule has 0 saturated carbocycles. The molecule has 3 aromatic carbocycles. The Bertz CT molecular complexity index is 877. The van der Waals surface area contributed by atoms with Crippen molar-refractivity contribution in [1.29, 1.82) is 0 Å². The number of ether oxygens (including phenoxy) is 1. The summed E-state index contributed by atoms with van der Waals surface area (Å²) in [7, 11) is 0. The Kier molecular flexibility index (Phi) is 6.47. The molecule has 0 aliphatic heterocycles. The first-order valence-electron chi connectivity index (χ1n) is 8.16. The molecule has 0 atom stereocenters. The van der Waals surface area contributed by atoms with Gasteiger partial charge in [-0.05, 0) is 48.9 Å². The predicted molar refractivity (Wildman–Crippen MR) is 113 cm³/mol. The maximum Gasteiger partial charge on any atom is 0.124 e. The van der Waals surface area contributed by atoms with Crippen LogP contribution in [-0.4, -0.2) is 0 Å². The van der Waals surface area contributed by atoms with Gasteiger partial charge in [-0.3, -0.25) is 0 Å². The summed E-state index contributed by atoms with van der Waals surface area (Å²) in [6.45, 7) is 3.20. The second-order valence-corrected chi connectivity index (χ2v) is 7.83. The molecule has 0 saturated heterocycles. The van der Waals surface area contributed by atoms with E-state index in [9.17, 15) is 0 Å². The lowest BCUT2D eigenvalue weighted by atomic mass is 10.1. The molecule has 0 aromatic heterocycles. The van der Waals surface area contributed by atoms with E-state index in [0.717, 1.165) is 27.0 Å². The van der Waals surface area contributed by atoms with Crippen molar-refractivity contribution in [3.8, 4) is 5.75 Å². The molecule has 3 rings (SSSR count). The van der Waals surface area contributed by atoms with Crippen LogP contribution in [0.15, 0.2) is 65.1 Å². The van der Waals surface area contributed by atoms with E-state index in [4.69, 9.17) is 27.9 Å². The van der Waals surface area contributed by atoms with Gasteiger partial charge in [0, 0.05) is 32.3 Å². The van der Waals surface area contributed by atoms with Gasteiger partial charge in [0.05, 0.1) is 0 Å². The zero-order valence-electron chi connectivity index (χ0n) is 14.2. The molecule has 0 aliphatic carbocycles. The van der Waals surface area contributed by atoms with Crippen molar-refractivity contribution >= 4 is 44.8 Å². The smallest absolute Gasteiger partial charge is 0.124 e. The Morgan fingerprint density at radius 1 is 0.923 bits per heavy atom. The minimum Gasteiger partial charge on any atom is -0.489 e. The van der Waals surface area contributed by atoms with Gasteiger partial charge in [-0.1, -0.05) is 69.0 Å². The van der Waals surface area contributed by atoms with E-state index in [1.54, 1.807) is 6.07 Å².